The van der Waals surface area contributed by atoms with Crippen molar-refractivity contribution in [1.82, 2.24) is 4.90 Å². The maximum absolute atomic E-state index is 12.5. The summed E-state index contributed by atoms with van der Waals surface area (Å²) in [5.74, 6) is 0.122. The molecular formula is C14H20BrClN2O. The van der Waals surface area contributed by atoms with Crippen LogP contribution in [-0.4, -0.2) is 30.4 Å². The summed E-state index contributed by atoms with van der Waals surface area (Å²) in [6.45, 7) is 6.32. The molecule has 1 heterocycles. The highest BCUT2D eigenvalue weighted by Gasteiger charge is 2.35. The van der Waals surface area contributed by atoms with Crippen molar-refractivity contribution in [3.8, 4) is 0 Å². The summed E-state index contributed by atoms with van der Waals surface area (Å²) >= 11 is 3.42. The van der Waals surface area contributed by atoms with Crippen LogP contribution in [0.3, 0.4) is 0 Å². The number of aryl methyl sites for hydroxylation is 1. The van der Waals surface area contributed by atoms with Crippen LogP contribution in [0.5, 0.6) is 0 Å². The molecule has 1 aliphatic heterocycles. The topological polar surface area (TPSA) is 46.3 Å². The molecule has 1 aromatic carbocycles. The minimum absolute atomic E-state index is 0. The van der Waals surface area contributed by atoms with Crippen LogP contribution in [0.15, 0.2) is 22.7 Å². The fourth-order valence-corrected chi connectivity index (χ4v) is 2.88. The molecule has 5 heteroatoms. The Kier molecular flexibility index (Phi) is 5.42. The third kappa shape index (κ3) is 3.50. The van der Waals surface area contributed by atoms with Gasteiger partial charge in [0, 0.05) is 23.1 Å². The van der Waals surface area contributed by atoms with Crippen LogP contribution in [0, 0.1) is 12.3 Å². The molecule has 0 aromatic heterocycles. The van der Waals surface area contributed by atoms with Gasteiger partial charge in [0.05, 0.1) is 0 Å². The molecular weight excluding hydrogens is 328 g/mol. The lowest BCUT2D eigenvalue weighted by Crippen LogP contribution is -2.34. The summed E-state index contributed by atoms with van der Waals surface area (Å²) < 4.78 is 1.00. The Balaban J connectivity index is 0.00000180. The van der Waals surface area contributed by atoms with Gasteiger partial charge in [0.15, 0.2) is 0 Å². The molecule has 1 saturated heterocycles. The average Bonchev–Trinajstić information content (AvgIpc) is 2.72. The van der Waals surface area contributed by atoms with E-state index in [0.717, 1.165) is 35.1 Å². The molecule has 0 saturated carbocycles. The molecule has 0 radical (unpaired) electrons. The Morgan fingerprint density at radius 1 is 1.53 bits per heavy atom. The molecule has 3 nitrogen and oxygen atoms in total. The normalized spacial score (nSPS) is 22.2. The molecule has 2 rings (SSSR count). The number of nitrogens with two attached hydrogens (primary N) is 1. The number of hydrogen-bond acceptors (Lipinski definition) is 2. The first-order chi connectivity index (χ1) is 8.45. The highest BCUT2D eigenvalue weighted by atomic mass is 79.9. The molecule has 1 unspecified atom stereocenters. The molecule has 1 aromatic rings. The third-order valence-electron chi connectivity index (χ3n) is 3.76. The predicted octanol–water partition coefficient (Wildman–Crippen LogP) is 2.99. The molecule has 19 heavy (non-hydrogen) atoms. The number of benzene rings is 1. The van der Waals surface area contributed by atoms with Crippen molar-refractivity contribution in [2.75, 3.05) is 19.6 Å². The summed E-state index contributed by atoms with van der Waals surface area (Å²) in [6, 6.07) is 5.78. The minimum atomic E-state index is 0. The van der Waals surface area contributed by atoms with Crippen molar-refractivity contribution in [1.29, 1.82) is 0 Å². The standard InChI is InChI=1S/C14H19BrN2O.ClH/c1-10-7-11(15)3-4-12(10)13(18)17-6-5-14(2,8-16)9-17;/h3-4,7H,5-6,8-9,16H2,1-2H3;1H. The van der Waals surface area contributed by atoms with Gasteiger partial charge in [-0.1, -0.05) is 22.9 Å². The first-order valence-corrected chi connectivity index (χ1v) is 7.00. The van der Waals surface area contributed by atoms with Gasteiger partial charge in [-0.3, -0.25) is 4.79 Å². The number of carbonyl (C=O) groups is 1. The summed E-state index contributed by atoms with van der Waals surface area (Å²) in [5, 5.41) is 0. The highest BCUT2D eigenvalue weighted by molar-refractivity contribution is 9.10. The Bertz CT molecular complexity index is 481. The van der Waals surface area contributed by atoms with E-state index < -0.39 is 0 Å². The fourth-order valence-electron chi connectivity index (χ4n) is 2.40. The van der Waals surface area contributed by atoms with Crippen LogP contribution in [-0.2, 0) is 0 Å². The van der Waals surface area contributed by atoms with E-state index in [9.17, 15) is 4.79 Å². The van der Waals surface area contributed by atoms with E-state index in [-0.39, 0.29) is 23.7 Å². The second-order valence-electron chi connectivity index (χ2n) is 5.45. The number of rotatable bonds is 2. The molecule has 1 fully saturated rings. The smallest absolute Gasteiger partial charge is 0.254 e. The van der Waals surface area contributed by atoms with Gasteiger partial charge >= 0.3 is 0 Å². The lowest BCUT2D eigenvalue weighted by atomic mass is 9.90. The van der Waals surface area contributed by atoms with Crippen LogP contribution in [0.1, 0.15) is 29.3 Å². The SMILES string of the molecule is Cc1cc(Br)ccc1C(=O)N1CCC(C)(CN)C1.Cl. The largest absolute Gasteiger partial charge is 0.338 e. The number of amides is 1. The van der Waals surface area contributed by atoms with Gasteiger partial charge in [-0.15, -0.1) is 12.4 Å². The number of hydrogen-bond donors (Lipinski definition) is 1. The van der Waals surface area contributed by atoms with Crippen LogP contribution in [0.2, 0.25) is 0 Å². The van der Waals surface area contributed by atoms with Crippen molar-refractivity contribution in [2.24, 2.45) is 11.1 Å². The van der Waals surface area contributed by atoms with Gasteiger partial charge < -0.3 is 10.6 Å². The van der Waals surface area contributed by atoms with Crippen LogP contribution in [0.25, 0.3) is 0 Å². The average molecular weight is 348 g/mol. The second-order valence-corrected chi connectivity index (χ2v) is 6.37. The number of halogens is 2. The molecule has 1 aliphatic rings. The predicted molar refractivity (Wildman–Crippen MR) is 83.8 cm³/mol. The van der Waals surface area contributed by atoms with Gasteiger partial charge in [0.2, 0.25) is 0 Å². The van der Waals surface area contributed by atoms with Crippen molar-refractivity contribution in [2.45, 2.75) is 20.3 Å². The zero-order valence-electron chi connectivity index (χ0n) is 11.3. The summed E-state index contributed by atoms with van der Waals surface area (Å²) in [5.41, 5.74) is 7.66. The quantitative estimate of drug-likeness (QED) is 0.894. The van der Waals surface area contributed by atoms with Crippen molar-refractivity contribution in [3.05, 3.63) is 33.8 Å². The number of nitrogens with zero attached hydrogens (tertiary/aromatic N) is 1. The first-order valence-electron chi connectivity index (χ1n) is 6.21. The molecule has 2 N–H and O–H groups in total. The Morgan fingerprint density at radius 3 is 2.74 bits per heavy atom. The van der Waals surface area contributed by atoms with Gasteiger partial charge in [-0.2, -0.15) is 0 Å². The van der Waals surface area contributed by atoms with E-state index >= 15 is 0 Å². The number of likely N-dealkylation sites (tertiary alicyclic amines) is 1. The van der Waals surface area contributed by atoms with Gasteiger partial charge in [0.1, 0.15) is 0 Å². The van der Waals surface area contributed by atoms with E-state index in [1.165, 1.54) is 0 Å². The summed E-state index contributed by atoms with van der Waals surface area (Å²) in [7, 11) is 0. The van der Waals surface area contributed by atoms with E-state index in [4.69, 9.17) is 5.73 Å². The van der Waals surface area contributed by atoms with Crippen molar-refractivity contribution < 1.29 is 4.79 Å². The van der Waals surface area contributed by atoms with Crippen LogP contribution >= 0.6 is 28.3 Å². The van der Waals surface area contributed by atoms with Gasteiger partial charge in [0.25, 0.3) is 5.91 Å². The monoisotopic (exact) mass is 346 g/mol. The molecule has 1 atom stereocenters. The lowest BCUT2D eigenvalue weighted by molar-refractivity contribution is 0.0776. The molecule has 0 spiro atoms. The minimum Gasteiger partial charge on any atom is -0.338 e. The van der Waals surface area contributed by atoms with Crippen molar-refractivity contribution in [3.63, 3.8) is 0 Å². The number of carbonyl (C=O) groups excluding carboxylic acids is 1. The molecule has 0 aliphatic carbocycles. The van der Waals surface area contributed by atoms with E-state index in [1.807, 2.05) is 30.0 Å². The Labute approximate surface area is 129 Å². The third-order valence-corrected chi connectivity index (χ3v) is 4.25. The summed E-state index contributed by atoms with van der Waals surface area (Å²) in [6.07, 6.45) is 0.991. The van der Waals surface area contributed by atoms with Crippen molar-refractivity contribution >= 4 is 34.2 Å². The van der Waals surface area contributed by atoms with Gasteiger partial charge in [-0.25, -0.2) is 0 Å². The van der Waals surface area contributed by atoms with Crippen LogP contribution < -0.4 is 5.73 Å². The fraction of sp³-hybridized carbons (Fsp3) is 0.500. The highest BCUT2D eigenvalue weighted by Crippen LogP contribution is 2.30. The van der Waals surface area contributed by atoms with E-state index in [2.05, 4.69) is 22.9 Å². The Morgan fingerprint density at radius 2 is 2.21 bits per heavy atom. The van der Waals surface area contributed by atoms with Crippen LogP contribution in [0.4, 0.5) is 0 Å². The molecule has 1 amide bonds. The molecule has 106 valence electrons. The maximum Gasteiger partial charge on any atom is 0.254 e. The second kappa shape index (κ2) is 6.25. The van der Waals surface area contributed by atoms with E-state index in [1.54, 1.807) is 0 Å². The molecule has 0 bridgehead atoms. The zero-order valence-corrected chi connectivity index (χ0v) is 13.7. The maximum atomic E-state index is 12.5. The first kappa shape index (κ1) is 16.5. The zero-order chi connectivity index (χ0) is 13.3. The lowest BCUT2D eigenvalue weighted by Gasteiger charge is -2.23. The summed E-state index contributed by atoms with van der Waals surface area (Å²) in [4.78, 5) is 14.4. The van der Waals surface area contributed by atoms with Gasteiger partial charge in [-0.05, 0) is 49.1 Å². The Hall–Kier alpha value is -0.580. The van der Waals surface area contributed by atoms with E-state index in [0.29, 0.717) is 6.54 Å².